The third kappa shape index (κ3) is 1.90. The summed E-state index contributed by atoms with van der Waals surface area (Å²) in [4.78, 5) is 2.74. The summed E-state index contributed by atoms with van der Waals surface area (Å²) in [7, 11) is 0. The Labute approximate surface area is 82.5 Å². The quantitative estimate of drug-likeness (QED) is 0.633. The molecule has 0 aromatic heterocycles. The van der Waals surface area contributed by atoms with E-state index in [1.54, 1.807) is 0 Å². The maximum absolute atomic E-state index is 2.74. The van der Waals surface area contributed by atoms with Crippen LogP contribution in [0.15, 0.2) is 0 Å². The molecule has 1 aliphatic heterocycles. The Morgan fingerprint density at radius 2 is 1.85 bits per heavy atom. The molecule has 13 heavy (non-hydrogen) atoms. The van der Waals surface area contributed by atoms with Crippen molar-refractivity contribution in [3.8, 4) is 0 Å². The number of piperidine rings is 1. The number of rotatable bonds is 2. The lowest BCUT2D eigenvalue weighted by molar-refractivity contribution is 0.0495. The molecule has 0 aromatic carbocycles. The molecule has 1 saturated carbocycles. The smallest absolute Gasteiger partial charge is 0.00952 e. The van der Waals surface area contributed by atoms with E-state index in [0.717, 1.165) is 6.04 Å². The molecule has 0 spiro atoms. The van der Waals surface area contributed by atoms with Crippen molar-refractivity contribution in [1.29, 1.82) is 0 Å². The van der Waals surface area contributed by atoms with E-state index in [4.69, 9.17) is 0 Å². The van der Waals surface area contributed by atoms with Gasteiger partial charge < -0.3 is 4.90 Å². The lowest BCUT2D eigenvalue weighted by Gasteiger charge is -2.45. The van der Waals surface area contributed by atoms with Gasteiger partial charge in [-0.05, 0) is 44.2 Å². The second kappa shape index (κ2) is 3.61. The van der Waals surface area contributed by atoms with Gasteiger partial charge in [-0.1, -0.05) is 26.7 Å². The molecule has 2 aliphatic rings. The molecular formula is C12H23N. The normalized spacial score (nSPS) is 30.0. The van der Waals surface area contributed by atoms with Crippen LogP contribution in [0.1, 0.15) is 52.4 Å². The zero-order valence-corrected chi connectivity index (χ0v) is 9.18. The Morgan fingerprint density at radius 1 is 1.23 bits per heavy atom. The molecule has 0 aromatic rings. The largest absolute Gasteiger partial charge is 0.300 e. The molecule has 1 aliphatic carbocycles. The van der Waals surface area contributed by atoms with Gasteiger partial charge >= 0.3 is 0 Å². The maximum atomic E-state index is 2.74. The van der Waals surface area contributed by atoms with E-state index < -0.39 is 0 Å². The standard InChI is InChI=1S/C12H23N/c1-3-12(2)7-9-13(10-8-12)11-5-4-6-11/h11H,3-10H2,1-2H3. The van der Waals surface area contributed by atoms with Crippen LogP contribution in [0.2, 0.25) is 0 Å². The molecule has 0 bridgehead atoms. The highest BCUT2D eigenvalue weighted by Crippen LogP contribution is 2.37. The van der Waals surface area contributed by atoms with E-state index in [1.807, 2.05) is 0 Å². The highest BCUT2D eigenvalue weighted by atomic mass is 15.2. The fourth-order valence-corrected chi connectivity index (χ4v) is 2.53. The lowest BCUT2D eigenvalue weighted by atomic mass is 9.77. The summed E-state index contributed by atoms with van der Waals surface area (Å²) < 4.78 is 0. The fourth-order valence-electron chi connectivity index (χ4n) is 2.53. The first-order chi connectivity index (χ1) is 6.23. The minimum atomic E-state index is 0.667. The Hall–Kier alpha value is -0.0400. The van der Waals surface area contributed by atoms with Crippen molar-refractivity contribution in [1.82, 2.24) is 4.90 Å². The first-order valence-electron chi connectivity index (χ1n) is 5.97. The van der Waals surface area contributed by atoms with Crippen LogP contribution < -0.4 is 0 Å². The van der Waals surface area contributed by atoms with E-state index in [2.05, 4.69) is 18.7 Å². The molecule has 0 N–H and O–H groups in total. The predicted molar refractivity (Wildman–Crippen MR) is 56.8 cm³/mol. The highest BCUT2D eigenvalue weighted by Gasteiger charge is 2.33. The Morgan fingerprint density at radius 3 is 2.23 bits per heavy atom. The molecule has 0 unspecified atom stereocenters. The average Bonchev–Trinajstić information content (AvgIpc) is 2.06. The average molecular weight is 181 g/mol. The highest BCUT2D eigenvalue weighted by molar-refractivity contribution is 4.87. The van der Waals surface area contributed by atoms with Crippen LogP contribution >= 0.6 is 0 Å². The zero-order chi connectivity index (χ0) is 9.31. The number of nitrogens with zero attached hydrogens (tertiary/aromatic N) is 1. The molecule has 1 nitrogen and oxygen atoms in total. The Bertz CT molecular complexity index is 164. The molecular weight excluding hydrogens is 158 g/mol. The van der Waals surface area contributed by atoms with Gasteiger partial charge in [0.25, 0.3) is 0 Å². The van der Waals surface area contributed by atoms with Gasteiger partial charge in [0.15, 0.2) is 0 Å². The van der Waals surface area contributed by atoms with Gasteiger partial charge in [0, 0.05) is 6.04 Å². The summed E-state index contributed by atoms with van der Waals surface area (Å²) >= 11 is 0. The van der Waals surface area contributed by atoms with E-state index in [9.17, 15) is 0 Å². The Balaban J connectivity index is 1.81. The van der Waals surface area contributed by atoms with Crippen LogP contribution in [0.25, 0.3) is 0 Å². The van der Waals surface area contributed by atoms with E-state index in [1.165, 1.54) is 51.6 Å². The molecule has 1 heteroatoms. The second-order valence-electron chi connectivity index (χ2n) is 5.28. The topological polar surface area (TPSA) is 3.24 Å². The van der Waals surface area contributed by atoms with Crippen LogP contribution in [0.5, 0.6) is 0 Å². The number of likely N-dealkylation sites (tertiary alicyclic amines) is 1. The third-order valence-electron chi connectivity index (χ3n) is 4.45. The first kappa shape index (κ1) is 9.51. The SMILES string of the molecule is CCC1(C)CCN(C2CCC2)CC1. The second-order valence-corrected chi connectivity index (χ2v) is 5.28. The molecule has 0 atom stereocenters. The third-order valence-corrected chi connectivity index (χ3v) is 4.45. The van der Waals surface area contributed by atoms with Crippen LogP contribution in [0.4, 0.5) is 0 Å². The van der Waals surface area contributed by atoms with Crippen LogP contribution in [-0.4, -0.2) is 24.0 Å². The van der Waals surface area contributed by atoms with Gasteiger partial charge in [0.1, 0.15) is 0 Å². The molecule has 2 rings (SSSR count). The molecule has 76 valence electrons. The van der Waals surface area contributed by atoms with E-state index in [0.29, 0.717) is 5.41 Å². The van der Waals surface area contributed by atoms with Crippen LogP contribution in [0, 0.1) is 5.41 Å². The summed E-state index contributed by atoms with van der Waals surface area (Å²) in [6.07, 6.45) is 8.66. The van der Waals surface area contributed by atoms with Crippen molar-refractivity contribution in [3.63, 3.8) is 0 Å². The van der Waals surface area contributed by atoms with Crippen molar-refractivity contribution in [2.75, 3.05) is 13.1 Å². The van der Waals surface area contributed by atoms with Gasteiger partial charge in [0.05, 0.1) is 0 Å². The van der Waals surface area contributed by atoms with Gasteiger partial charge in [-0.3, -0.25) is 0 Å². The van der Waals surface area contributed by atoms with Crippen LogP contribution in [0.3, 0.4) is 0 Å². The molecule has 2 fully saturated rings. The van der Waals surface area contributed by atoms with Crippen molar-refractivity contribution < 1.29 is 0 Å². The van der Waals surface area contributed by atoms with Crippen molar-refractivity contribution in [2.24, 2.45) is 5.41 Å². The Kier molecular flexibility index (Phi) is 2.64. The lowest BCUT2D eigenvalue weighted by Crippen LogP contribution is -2.46. The summed E-state index contributed by atoms with van der Waals surface area (Å²) in [6.45, 7) is 7.55. The van der Waals surface area contributed by atoms with Gasteiger partial charge in [-0.2, -0.15) is 0 Å². The predicted octanol–water partition coefficient (Wildman–Crippen LogP) is 3.05. The summed E-state index contributed by atoms with van der Waals surface area (Å²) in [5.74, 6) is 0. The van der Waals surface area contributed by atoms with E-state index >= 15 is 0 Å². The van der Waals surface area contributed by atoms with Crippen molar-refractivity contribution in [3.05, 3.63) is 0 Å². The zero-order valence-electron chi connectivity index (χ0n) is 9.18. The molecule has 0 amide bonds. The summed E-state index contributed by atoms with van der Waals surface area (Å²) in [5.41, 5.74) is 0.667. The van der Waals surface area contributed by atoms with Gasteiger partial charge in [0.2, 0.25) is 0 Å². The van der Waals surface area contributed by atoms with Gasteiger partial charge in [-0.25, -0.2) is 0 Å². The minimum Gasteiger partial charge on any atom is -0.300 e. The molecule has 1 heterocycles. The first-order valence-corrected chi connectivity index (χ1v) is 5.97. The van der Waals surface area contributed by atoms with Gasteiger partial charge in [-0.15, -0.1) is 0 Å². The maximum Gasteiger partial charge on any atom is 0.00952 e. The fraction of sp³-hybridized carbons (Fsp3) is 1.00. The summed E-state index contributed by atoms with van der Waals surface area (Å²) in [5, 5.41) is 0. The summed E-state index contributed by atoms with van der Waals surface area (Å²) in [6, 6.07) is 0.974. The minimum absolute atomic E-state index is 0.667. The monoisotopic (exact) mass is 181 g/mol. The number of hydrogen-bond acceptors (Lipinski definition) is 1. The van der Waals surface area contributed by atoms with Crippen LogP contribution in [-0.2, 0) is 0 Å². The van der Waals surface area contributed by atoms with Crippen molar-refractivity contribution >= 4 is 0 Å². The van der Waals surface area contributed by atoms with E-state index in [-0.39, 0.29) is 0 Å². The molecule has 1 saturated heterocycles. The molecule has 0 radical (unpaired) electrons. The number of hydrogen-bond donors (Lipinski definition) is 0. The van der Waals surface area contributed by atoms with Crippen molar-refractivity contribution in [2.45, 2.75) is 58.4 Å².